The van der Waals surface area contributed by atoms with Crippen molar-refractivity contribution in [2.45, 2.75) is 26.2 Å². The van der Waals surface area contributed by atoms with E-state index in [9.17, 15) is 9.90 Å². The van der Waals surface area contributed by atoms with E-state index in [0.717, 1.165) is 18.4 Å². The monoisotopic (exact) mass is 265 g/mol. The number of aromatic hydroxyl groups is 1. The van der Waals surface area contributed by atoms with Crippen LogP contribution >= 0.6 is 11.8 Å². The van der Waals surface area contributed by atoms with Crippen LogP contribution in [0.2, 0.25) is 0 Å². The summed E-state index contributed by atoms with van der Waals surface area (Å²) in [5, 5.41) is 12.4. The molecular weight excluding hydrogens is 246 g/mol. The number of aryl methyl sites for hydroxylation is 1. The molecule has 18 heavy (non-hydrogen) atoms. The predicted molar refractivity (Wildman–Crippen MR) is 76.1 cm³/mol. The van der Waals surface area contributed by atoms with Crippen molar-refractivity contribution in [3.8, 4) is 5.75 Å². The summed E-state index contributed by atoms with van der Waals surface area (Å²) in [4.78, 5) is 11.9. The summed E-state index contributed by atoms with van der Waals surface area (Å²) in [6, 6.07) is 5.23. The van der Waals surface area contributed by atoms with E-state index in [-0.39, 0.29) is 11.7 Å². The molecule has 0 radical (unpaired) electrons. The smallest absolute Gasteiger partial charge is 0.224 e. The lowest BCUT2D eigenvalue weighted by molar-refractivity contribution is -0.117. The van der Waals surface area contributed by atoms with E-state index in [2.05, 4.69) is 5.32 Å². The van der Waals surface area contributed by atoms with E-state index in [0.29, 0.717) is 18.0 Å². The summed E-state index contributed by atoms with van der Waals surface area (Å²) >= 11 is 1.97. The van der Waals surface area contributed by atoms with E-state index in [4.69, 9.17) is 0 Å². The molecule has 1 aliphatic heterocycles. The van der Waals surface area contributed by atoms with Crippen molar-refractivity contribution in [2.24, 2.45) is 5.92 Å². The number of carbonyl (C=O) groups excluding carboxylic acids is 1. The summed E-state index contributed by atoms with van der Waals surface area (Å²) in [7, 11) is 0. The maximum atomic E-state index is 11.9. The molecule has 1 aromatic rings. The van der Waals surface area contributed by atoms with Crippen LogP contribution in [0.4, 0.5) is 5.69 Å². The van der Waals surface area contributed by atoms with E-state index in [1.54, 1.807) is 6.07 Å². The zero-order chi connectivity index (χ0) is 13.0. The van der Waals surface area contributed by atoms with Gasteiger partial charge in [-0.25, -0.2) is 0 Å². The maximum absolute atomic E-state index is 11.9. The van der Waals surface area contributed by atoms with Crippen LogP contribution < -0.4 is 5.32 Å². The Morgan fingerprint density at radius 2 is 2.17 bits per heavy atom. The highest BCUT2D eigenvalue weighted by molar-refractivity contribution is 7.99. The molecular formula is C14H19NO2S. The predicted octanol–water partition coefficient (Wildman–Crippen LogP) is 3.17. The summed E-state index contributed by atoms with van der Waals surface area (Å²) in [6.45, 7) is 1.83. The molecule has 3 nitrogen and oxygen atoms in total. The van der Waals surface area contributed by atoms with Crippen LogP contribution in [0.5, 0.6) is 5.75 Å². The van der Waals surface area contributed by atoms with Gasteiger partial charge in [-0.2, -0.15) is 11.8 Å². The van der Waals surface area contributed by atoms with Crippen molar-refractivity contribution in [3.63, 3.8) is 0 Å². The molecule has 0 bridgehead atoms. The van der Waals surface area contributed by atoms with Crippen molar-refractivity contribution in [1.82, 2.24) is 0 Å². The minimum absolute atomic E-state index is 0.0511. The third-order valence-electron chi connectivity index (χ3n) is 3.31. The van der Waals surface area contributed by atoms with Gasteiger partial charge in [0, 0.05) is 18.2 Å². The van der Waals surface area contributed by atoms with E-state index >= 15 is 0 Å². The summed E-state index contributed by atoms with van der Waals surface area (Å²) in [5.41, 5.74) is 1.49. The average Bonchev–Trinajstić information content (AvgIpc) is 2.35. The van der Waals surface area contributed by atoms with Gasteiger partial charge in [-0.3, -0.25) is 4.79 Å². The van der Waals surface area contributed by atoms with Crippen molar-refractivity contribution >= 4 is 23.4 Å². The van der Waals surface area contributed by atoms with Gasteiger partial charge in [0.25, 0.3) is 0 Å². The van der Waals surface area contributed by atoms with Gasteiger partial charge >= 0.3 is 0 Å². The molecule has 1 aliphatic rings. The van der Waals surface area contributed by atoms with Gasteiger partial charge in [-0.1, -0.05) is 6.07 Å². The first-order chi connectivity index (χ1) is 8.65. The first-order valence-corrected chi connectivity index (χ1v) is 7.48. The standard InChI is InChI=1S/C14H19NO2S/c1-10-2-3-12(9-13(10)16)15-14(17)8-11-4-6-18-7-5-11/h2-3,9,11,16H,4-8H2,1H3,(H,15,17). The Labute approximate surface area is 112 Å². The van der Waals surface area contributed by atoms with Crippen LogP contribution in [0.25, 0.3) is 0 Å². The first kappa shape index (κ1) is 13.3. The Morgan fingerprint density at radius 3 is 2.83 bits per heavy atom. The Morgan fingerprint density at radius 1 is 1.44 bits per heavy atom. The highest BCUT2D eigenvalue weighted by Crippen LogP contribution is 2.26. The van der Waals surface area contributed by atoms with Gasteiger partial charge in [0.15, 0.2) is 0 Å². The van der Waals surface area contributed by atoms with Gasteiger partial charge in [0.1, 0.15) is 5.75 Å². The molecule has 2 N–H and O–H groups in total. The third kappa shape index (κ3) is 3.67. The van der Waals surface area contributed by atoms with Crippen molar-refractivity contribution in [3.05, 3.63) is 23.8 Å². The van der Waals surface area contributed by atoms with Crippen LogP contribution in [0.3, 0.4) is 0 Å². The van der Waals surface area contributed by atoms with Crippen molar-refractivity contribution in [1.29, 1.82) is 0 Å². The summed E-state index contributed by atoms with van der Waals surface area (Å²) < 4.78 is 0. The maximum Gasteiger partial charge on any atom is 0.224 e. The fraction of sp³-hybridized carbons (Fsp3) is 0.500. The second-order valence-corrected chi connectivity index (χ2v) is 6.03. The molecule has 1 saturated heterocycles. The molecule has 0 spiro atoms. The number of nitrogens with one attached hydrogen (secondary N) is 1. The lowest BCUT2D eigenvalue weighted by atomic mass is 9.98. The molecule has 0 aliphatic carbocycles. The van der Waals surface area contributed by atoms with Gasteiger partial charge in [-0.15, -0.1) is 0 Å². The molecule has 4 heteroatoms. The number of thioether (sulfide) groups is 1. The second-order valence-electron chi connectivity index (χ2n) is 4.81. The second kappa shape index (κ2) is 6.14. The largest absolute Gasteiger partial charge is 0.508 e. The average molecular weight is 265 g/mol. The number of phenols is 1. The van der Waals surface area contributed by atoms with Gasteiger partial charge in [-0.05, 0) is 48.8 Å². The molecule has 2 rings (SSSR count). The molecule has 1 heterocycles. The Balaban J connectivity index is 1.88. The Kier molecular flexibility index (Phi) is 4.53. The minimum atomic E-state index is 0.0511. The summed E-state index contributed by atoms with van der Waals surface area (Å²) in [6.07, 6.45) is 2.86. The molecule has 0 aromatic heterocycles. The van der Waals surface area contributed by atoms with Crippen molar-refractivity contribution < 1.29 is 9.90 Å². The lowest BCUT2D eigenvalue weighted by Gasteiger charge is -2.20. The molecule has 1 aromatic carbocycles. The number of hydrogen-bond donors (Lipinski definition) is 2. The third-order valence-corrected chi connectivity index (χ3v) is 4.36. The fourth-order valence-corrected chi connectivity index (χ4v) is 3.32. The Bertz CT molecular complexity index is 428. The molecule has 0 unspecified atom stereocenters. The van der Waals surface area contributed by atoms with E-state index in [1.807, 2.05) is 30.8 Å². The van der Waals surface area contributed by atoms with Crippen LogP contribution in [-0.2, 0) is 4.79 Å². The SMILES string of the molecule is Cc1ccc(NC(=O)CC2CCSCC2)cc1O. The number of rotatable bonds is 3. The number of phenolic OH excluding ortho intramolecular Hbond substituents is 1. The molecule has 0 atom stereocenters. The van der Waals surface area contributed by atoms with Crippen LogP contribution in [-0.4, -0.2) is 22.5 Å². The highest BCUT2D eigenvalue weighted by Gasteiger charge is 2.17. The van der Waals surface area contributed by atoms with E-state index < -0.39 is 0 Å². The number of anilines is 1. The Hall–Kier alpha value is -1.16. The number of hydrogen-bond acceptors (Lipinski definition) is 3. The zero-order valence-corrected chi connectivity index (χ0v) is 11.4. The van der Waals surface area contributed by atoms with Crippen LogP contribution in [0.15, 0.2) is 18.2 Å². The molecule has 98 valence electrons. The number of carbonyl (C=O) groups is 1. The van der Waals surface area contributed by atoms with E-state index in [1.165, 1.54) is 11.5 Å². The molecule has 0 saturated carbocycles. The van der Waals surface area contributed by atoms with Crippen LogP contribution in [0, 0.1) is 12.8 Å². The molecule has 1 fully saturated rings. The molecule has 1 amide bonds. The quantitative estimate of drug-likeness (QED) is 0.882. The van der Waals surface area contributed by atoms with Gasteiger partial charge in [0.2, 0.25) is 5.91 Å². The lowest BCUT2D eigenvalue weighted by Crippen LogP contribution is -2.19. The first-order valence-electron chi connectivity index (χ1n) is 6.32. The van der Waals surface area contributed by atoms with Gasteiger partial charge in [0.05, 0.1) is 0 Å². The normalized spacial score (nSPS) is 16.5. The highest BCUT2D eigenvalue weighted by atomic mass is 32.2. The topological polar surface area (TPSA) is 49.3 Å². The zero-order valence-electron chi connectivity index (χ0n) is 10.6. The fourth-order valence-electron chi connectivity index (χ4n) is 2.11. The number of benzene rings is 1. The van der Waals surface area contributed by atoms with Crippen molar-refractivity contribution in [2.75, 3.05) is 16.8 Å². The number of amides is 1. The minimum Gasteiger partial charge on any atom is -0.508 e. The summed E-state index contributed by atoms with van der Waals surface area (Å²) in [5.74, 6) is 3.13. The van der Waals surface area contributed by atoms with Crippen LogP contribution in [0.1, 0.15) is 24.8 Å². The van der Waals surface area contributed by atoms with Gasteiger partial charge < -0.3 is 10.4 Å².